The average Bonchev–Trinajstić information content (AvgIpc) is 2.22. The lowest BCUT2D eigenvalue weighted by atomic mass is 10.2. The number of nitrogens with zero attached hydrogens (tertiary/aromatic N) is 2. The molecule has 0 rings (SSSR count). The topological polar surface area (TPSA) is 39.5 Å². The number of hydrogen-bond acceptors (Lipinski definition) is 2. The lowest BCUT2D eigenvalue weighted by molar-refractivity contribution is 0.615. The lowest BCUT2D eigenvalue weighted by Gasteiger charge is -2.18. The zero-order valence-corrected chi connectivity index (χ0v) is 9.95. The fourth-order valence-corrected chi connectivity index (χ4v) is 1.01. The first-order valence-electron chi connectivity index (χ1n) is 5.44. The highest BCUT2D eigenvalue weighted by Crippen LogP contribution is 1.99. The number of terminal acetylenes is 1. The van der Waals surface area contributed by atoms with Crippen molar-refractivity contribution in [3.05, 3.63) is 0 Å². The highest BCUT2D eigenvalue weighted by Gasteiger charge is 2.08. The summed E-state index contributed by atoms with van der Waals surface area (Å²) < 4.78 is 0. The normalized spacial score (nSPS) is 10.6. The van der Waals surface area contributed by atoms with Crippen molar-refractivity contribution < 1.29 is 0 Å². The van der Waals surface area contributed by atoms with Crippen molar-refractivity contribution in [2.75, 3.05) is 13.1 Å². The van der Waals surface area contributed by atoms with Crippen LogP contribution in [-0.2, 0) is 0 Å². The van der Waals surface area contributed by atoms with Crippen molar-refractivity contribution in [2.24, 2.45) is 10.9 Å². The van der Waals surface area contributed by atoms with Crippen LogP contribution in [0.3, 0.4) is 0 Å². The van der Waals surface area contributed by atoms with E-state index in [2.05, 4.69) is 18.0 Å². The van der Waals surface area contributed by atoms with E-state index >= 15 is 0 Å². The van der Waals surface area contributed by atoms with Crippen LogP contribution < -0.4 is 0 Å². The smallest absolute Gasteiger partial charge is 0.110 e. The van der Waals surface area contributed by atoms with Gasteiger partial charge in [-0.25, -0.2) is 0 Å². The second-order valence-corrected chi connectivity index (χ2v) is 3.72. The predicted octanol–water partition coefficient (Wildman–Crippen LogP) is 2.38. The number of nitrogens with one attached hydrogen (secondary N) is 1. The fourth-order valence-electron chi connectivity index (χ4n) is 1.01. The quantitative estimate of drug-likeness (QED) is 0.235. The first kappa shape index (κ1) is 13.7. The van der Waals surface area contributed by atoms with Crippen LogP contribution >= 0.6 is 0 Å². The minimum atomic E-state index is 0.157. The highest BCUT2D eigenvalue weighted by molar-refractivity contribution is 5.84. The summed E-state index contributed by atoms with van der Waals surface area (Å²) in [6, 6.07) is 2.49. The Kier molecular flexibility index (Phi) is 7.35. The van der Waals surface area contributed by atoms with Gasteiger partial charge in [0.15, 0.2) is 0 Å². The molecule has 0 aromatic carbocycles. The van der Waals surface area contributed by atoms with Gasteiger partial charge in [0.05, 0.1) is 6.54 Å². The maximum absolute atomic E-state index is 7.74. The summed E-state index contributed by atoms with van der Waals surface area (Å²) in [5, 5.41) is 7.74. The van der Waals surface area contributed by atoms with E-state index < -0.39 is 0 Å². The van der Waals surface area contributed by atoms with Crippen molar-refractivity contribution in [2.45, 2.75) is 33.6 Å². The molecule has 0 fully saturated rings. The number of aliphatic imine (C=N–C) groups is 1. The molecule has 0 atom stereocenters. The molecule has 0 aliphatic carbocycles. The summed E-state index contributed by atoms with van der Waals surface area (Å²) in [7, 11) is 0. The molecule has 3 nitrogen and oxygen atoms in total. The van der Waals surface area contributed by atoms with E-state index in [4.69, 9.17) is 11.8 Å². The van der Waals surface area contributed by atoms with Gasteiger partial charge in [0.1, 0.15) is 5.84 Å². The van der Waals surface area contributed by atoms with Crippen LogP contribution in [-0.4, -0.2) is 30.0 Å². The second kappa shape index (κ2) is 8.05. The molecule has 0 bridgehead atoms. The summed E-state index contributed by atoms with van der Waals surface area (Å²) in [5.74, 6) is 0.629. The molecule has 0 radical (unpaired) electrons. The third-order valence-corrected chi connectivity index (χ3v) is 2.03. The van der Waals surface area contributed by atoms with E-state index in [1.54, 1.807) is 11.1 Å². The molecule has 0 saturated heterocycles. The second-order valence-electron chi connectivity index (χ2n) is 3.72. The molecule has 0 aromatic rings. The van der Waals surface area contributed by atoms with Crippen LogP contribution in [0.2, 0.25) is 0 Å². The molecule has 0 aliphatic rings. The van der Waals surface area contributed by atoms with Gasteiger partial charge in [-0.05, 0) is 6.42 Å². The average molecular weight is 207 g/mol. The Hall–Kier alpha value is -1.30. The van der Waals surface area contributed by atoms with Crippen LogP contribution in [0.4, 0.5) is 0 Å². The zero-order chi connectivity index (χ0) is 11.7. The molecule has 0 unspecified atom stereocenters. The molecular weight excluding hydrogens is 186 g/mol. The Bertz CT molecular complexity index is 248. The first-order valence-corrected chi connectivity index (χ1v) is 5.44. The van der Waals surface area contributed by atoms with Crippen molar-refractivity contribution >= 4 is 12.1 Å². The van der Waals surface area contributed by atoms with E-state index in [9.17, 15) is 0 Å². The number of unbranched alkanes of at least 4 members (excludes halogenated alkanes) is 1. The van der Waals surface area contributed by atoms with Gasteiger partial charge < -0.3 is 0 Å². The third kappa shape index (κ3) is 5.90. The van der Waals surface area contributed by atoms with Crippen LogP contribution in [0.25, 0.3) is 0 Å². The highest BCUT2D eigenvalue weighted by atomic mass is 15.1. The number of amidine groups is 1. The maximum atomic E-state index is 7.74. The molecule has 3 heteroatoms. The van der Waals surface area contributed by atoms with Gasteiger partial charge in [0.25, 0.3) is 0 Å². The Morgan fingerprint density at radius 1 is 1.60 bits per heavy atom. The first-order chi connectivity index (χ1) is 7.13. The minimum Gasteiger partial charge on any atom is -0.296 e. The summed E-state index contributed by atoms with van der Waals surface area (Å²) in [5.41, 5.74) is 0. The third-order valence-electron chi connectivity index (χ3n) is 2.03. The van der Waals surface area contributed by atoms with E-state index in [-0.39, 0.29) is 5.92 Å². The number of hydrogen-bond donors (Lipinski definition) is 1. The minimum absolute atomic E-state index is 0.157. The standard InChI is InChI=1S/C12H21N3/c1-5-7-8-14-9-10-15(6-2)12(13)11(3)4/h2,9,11,13H,5,7-8,10H2,1,3-4H3. The van der Waals surface area contributed by atoms with Gasteiger partial charge >= 0.3 is 0 Å². The van der Waals surface area contributed by atoms with Crippen LogP contribution in [0, 0.1) is 23.8 Å². The van der Waals surface area contributed by atoms with E-state index in [1.807, 2.05) is 13.8 Å². The summed E-state index contributed by atoms with van der Waals surface area (Å²) in [6.07, 6.45) is 9.38. The molecule has 0 aromatic heterocycles. The van der Waals surface area contributed by atoms with Gasteiger partial charge in [0, 0.05) is 24.7 Å². The SMILES string of the molecule is C#CN(CC=NCCCC)C(=N)C(C)C. The maximum Gasteiger partial charge on any atom is 0.110 e. The summed E-state index contributed by atoms with van der Waals surface area (Å²) >= 11 is 0. The van der Waals surface area contributed by atoms with Crippen LogP contribution in [0.15, 0.2) is 4.99 Å². The molecule has 0 spiro atoms. The molecular formula is C12H21N3. The van der Waals surface area contributed by atoms with Crippen LogP contribution in [0.5, 0.6) is 0 Å². The van der Waals surface area contributed by atoms with Crippen molar-refractivity contribution in [1.82, 2.24) is 4.90 Å². The van der Waals surface area contributed by atoms with Crippen LogP contribution in [0.1, 0.15) is 33.6 Å². The molecule has 0 heterocycles. The molecule has 0 amide bonds. The van der Waals surface area contributed by atoms with E-state index in [0.717, 1.165) is 19.4 Å². The van der Waals surface area contributed by atoms with Gasteiger partial charge in [-0.15, -0.1) is 0 Å². The van der Waals surface area contributed by atoms with Gasteiger partial charge in [0.2, 0.25) is 0 Å². The molecule has 0 aliphatic heterocycles. The zero-order valence-electron chi connectivity index (χ0n) is 9.95. The summed E-state index contributed by atoms with van der Waals surface area (Å²) in [6.45, 7) is 7.45. The molecule has 1 N–H and O–H groups in total. The summed E-state index contributed by atoms with van der Waals surface area (Å²) in [4.78, 5) is 5.82. The molecule has 0 saturated carbocycles. The number of rotatable bonds is 6. The fraction of sp³-hybridized carbons (Fsp3) is 0.667. The van der Waals surface area contributed by atoms with Gasteiger partial charge in [-0.1, -0.05) is 33.6 Å². The Morgan fingerprint density at radius 2 is 2.27 bits per heavy atom. The molecule has 15 heavy (non-hydrogen) atoms. The lowest BCUT2D eigenvalue weighted by Crippen LogP contribution is -2.30. The Labute approximate surface area is 93.1 Å². The molecule has 84 valence electrons. The van der Waals surface area contributed by atoms with Crippen molar-refractivity contribution in [3.63, 3.8) is 0 Å². The van der Waals surface area contributed by atoms with Gasteiger partial charge in [-0.2, -0.15) is 0 Å². The Morgan fingerprint density at radius 3 is 2.73 bits per heavy atom. The largest absolute Gasteiger partial charge is 0.296 e. The van der Waals surface area contributed by atoms with Crippen molar-refractivity contribution in [1.29, 1.82) is 5.41 Å². The van der Waals surface area contributed by atoms with E-state index in [1.165, 1.54) is 0 Å². The predicted molar refractivity (Wildman–Crippen MR) is 66.4 cm³/mol. The Balaban J connectivity index is 3.97. The van der Waals surface area contributed by atoms with Crippen molar-refractivity contribution in [3.8, 4) is 12.5 Å². The van der Waals surface area contributed by atoms with Gasteiger partial charge in [-0.3, -0.25) is 15.3 Å². The van der Waals surface area contributed by atoms with E-state index in [0.29, 0.717) is 12.4 Å². The monoisotopic (exact) mass is 207 g/mol.